The minimum absolute atomic E-state index is 0.937. The smallest absolute Gasteiger partial charge is 0.0564 e. The number of hydrogen-bond donors (Lipinski definition) is 1. The highest BCUT2D eigenvalue weighted by atomic mass is 15.1. The van der Waals surface area contributed by atoms with E-state index in [2.05, 4.69) is 28.2 Å². The van der Waals surface area contributed by atoms with Crippen LogP contribution in [-0.2, 0) is 6.54 Å². The molecule has 0 saturated carbocycles. The zero-order valence-electron chi connectivity index (χ0n) is 11.7. The first-order valence-corrected chi connectivity index (χ1v) is 7.17. The lowest BCUT2D eigenvalue weighted by molar-refractivity contribution is 0.269. The van der Waals surface area contributed by atoms with E-state index in [0.717, 1.165) is 18.2 Å². The first kappa shape index (κ1) is 13.3. The normalized spacial score (nSPS) is 21.6. The van der Waals surface area contributed by atoms with E-state index in [1.54, 1.807) is 0 Å². The van der Waals surface area contributed by atoms with Crippen molar-refractivity contribution in [2.24, 2.45) is 5.92 Å². The Balaban J connectivity index is 1.92. The third kappa shape index (κ3) is 3.70. The first-order chi connectivity index (χ1) is 8.81. The van der Waals surface area contributed by atoms with Crippen molar-refractivity contribution in [3.63, 3.8) is 0 Å². The van der Waals surface area contributed by atoms with E-state index in [-0.39, 0.29) is 0 Å². The molecule has 3 heteroatoms. The predicted molar refractivity (Wildman–Crippen MR) is 76.7 cm³/mol. The summed E-state index contributed by atoms with van der Waals surface area (Å²) in [6, 6.07) is 4.17. The van der Waals surface area contributed by atoms with Gasteiger partial charge in [-0.25, -0.2) is 0 Å². The van der Waals surface area contributed by atoms with E-state index >= 15 is 0 Å². The molecule has 1 fully saturated rings. The molecule has 2 rings (SSSR count). The van der Waals surface area contributed by atoms with E-state index in [4.69, 9.17) is 0 Å². The van der Waals surface area contributed by atoms with Crippen LogP contribution in [0.5, 0.6) is 0 Å². The molecule has 0 aliphatic carbocycles. The summed E-state index contributed by atoms with van der Waals surface area (Å²) in [5, 5.41) is 3.17. The Hall–Kier alpha value is -1.09. The van der Waals surface area contributed by atoms with Crippen LogP contribution in [0.3, 0.4) is 0 Å². The number of nitrogens with zero attached hydrogens (tertiary/aromatic N) is 2. The molecule has 1 saturated heterocycles. The van der Waals surface area contributed by atoms with Crippen LogP contribution in [0.2, 0.25) is 0 Å². The molecular formula is C15H25N3. The molecule has 3 nitrogen and oxygen atoms in total. The second-order valence-corrected chi connectivity index (χ2v) is 5.27. The number of anilines is 1. The minimum atomic E-state index is 0.937. The topological polar surface area (TPSA) is 28.2 Å². The van der Waals surface area contributed by atoms with E-state index in [0.29, 0.717) is 0 Å². The molecule has 0 bridgehead atoms. The summed E-state index contributed by atoms with van der Waals surface area (Å²) in [6.07, 6.45) is 7.32. The summed E-state index contributed by atoms with van der Waals surface area (Å²) in [4.78, 5) is 7.02. The Kier molecular flexibility index (Phi) is 5.00. The Labute approximate surface area is 111 Å². The molecule has 1 aromatic rings. The van der Waals surface area contributed by atoms with Gasteiger partial charge in [-0.15, -0.1) is 0 Å². The minimum Gasteiger partial charge on any atom is -0.388 e. The van der Waals surface area contributed by atoms with E-state index < -0.39 is 0 Å². The van der Waals surface area contributed by atoms with Gasteiger partial charge in [0.2, 0.25) is 0 Å². The molecule has 1 N–H and O–H groups in total. The van der Waals surface area contributed by atoms with Crippen LogP contribution in [-0.4, -0.2) is 30.0 Å². The summed E-state index contributed by atoms with van der Waals surface area (Å²) >= 11 is 0. The Morgan fingerprint density at radius 3 is 3.06 bits per heavy atom. The van der Waals surface area contributed by atoms with Crippen molar-refractivity contribution < 1.29 is 0 Å². The zero-order chi connectivity index (χ0) is 12.8. The van der Waals surface area contributed by atoms with E-state index in [9.17, 15) is 0 Å². The van der Waals surface area contributed by atoms with Crippen LogP contribution >= 0.6 is 0 Å². The number of nitrogens with one attached hydrogen (secondary N) is 1. The quantitative estimate of drug-likeness (QED) is 0.886. The number of rotatable bonds is 4. The fourth-order valence-electron chi connectivity index (χ4n) is 2.74. The summed E-state index contributed by atoms with van der Waals surface area (Å²) < 4.78 is 0. The van der Waals surface area contributed by atoms with Crippen molar-refractivity contribution in [3.8, 4) is 0 Å². The molecule has 0 amide bonds. The Morgan fingerprint density at radius 2 is 2.28 bits per heavy atom. The van der Waals surface area contributed by atoms with E-state index in [1.807, 2.05) is 19.3 Å². The molecule has 1 unspecified atom stereocenters. The maximum atomic E-state index is 4.47. The highest BCUT2D eigenvalue weighted by Gasteiger charge is 2.16. The van der Waals surface area contributed by atoms with Crippen LogP contribution in [0, 0.1) is 5.92 Å². The lowest BCUT2D eigenvalue weighted by Crippen LogP contribution is -2.24. The van der Waals surface area contributed by atoms with Crippen molar-refractivity contribution in [3.05, 3.63) is 24.0 Å². The highest BCUT2D eigenvalue weighted by molar-refractivity contribution is 5.42. The van der Waals surface area contributed by atoms with Crippen LogP contribution in [0.25, 0.3) is 0 Å². The molecule has 1 aromatic heterocycles. The van der Waals surface area contributed by atoms with Gasteiger partial charge in [0.1, 0.15) is 0 Å². The fourth-order valence-corrected chi connectivity index (χ4v) is 2.74. The summed E-state index contributed by atoms with van der Waals surface area (Å²) in [7, 11) is 1.96. The van der Waals surface area contributed by atoms with Crippen molar-refractivity contribution >= 4 is 5.69 Å². The number of aromatic nitrogens is 1. The summed E-state index contributed by atoms with van der Waals surface area (Å²) in [5.74, 6) is 0.937. The van der Waals surface area contributed by atoms with E-state index in [1.165, 1.54) is 44.5 Å². The van der Waals surface area contributed by atoms with Gasteiger partial charge in [0.15, 0.2) is 0 Å². The number of likely N-dealkylation sites (tertiary alicyclic amines) is 1. The van der Waals surface area contributed by atoms with Crippen molar-refractivity contribution in [1.82, 2.24) is 9.88 Å². The Bertz CT molecular complexity index is 365. The SMILES string of the molecule is CCC1CCCN(Cc2cc(NC)ccn2)CC1. The van der Waals surface area contributed by atoms with Crippen LogP contribution in [0.15, 0.2) is 18.3 Å². The van der Waals surface area contributed by atoms with Gasteiger partial charge >= 0.3 is 0 Å². The van der Waals surface area contributed by atoms with Crippen LogP contribution < -0.4 is 5.32 Å². The molecule has 2 heterocycles. The molecule has 0 spiro atoms. The molecular weight excluding hydrogens is 222 g/mol. The van der Waals surface area contributed by atoms with Crippen molar-refractivity contribution in [1.29, 1.82) is 0 Å². The van der Waals surface area contributed by atoms with Crippen molar-refractivity contribution in [2.45, 2.75) is 39.2 Å². The maximum Gasteiger partial charge on any atom is 0.0564 e. The van der Waals surface area contributed by atoms with Gasteiger partial charge in [-0.1, -0.05) is 13.3 Å². The lowest BCUT2D eigenvalue weighted by Gasteiger charge is -2.19. The molecule has 18 heavy (non-hydrogen) atoms. The standard InChI is InChI=1S/C15H25N3/c1-3-13-5-4-9-18(10-7-13)12-15-11-14(16-2)6-8-17-15/h6,8,11,13H,3-5,7,9-10,12H2,1-2H3,(H,16,17). The molecule has 0 aromatic carbocycles. The monoisotopic (exact) mass is 247 g/mol. The van der Waals surface area contributed by atoms with Gasteiger partial charge in [-0.05, 0) is 50.4 Å². The van der Waals surface area contributed by atoms with Crippen LogP contribution in [0.1, 0.15) is 38.3 Å². The second kappa shape index (κ2) is 6.74. The molecule has 1 atom stereocenters. The predicted octanol–water partition coefficient (Wildman–Crippen LogP) is 3.14. The van der Waals surface area contributed by atoms with Gasteiger partial charge in [0.05, 0.1) is 5.69 Å². The van der Waals surface area contributed by atoms with Crippen molar-refractivity contribution in [2.75, 3.05) is 25.5 Å². The van der Waals surface area contributed by atoms with Gasteiger partial charge in [-0.2, -0.15) is 0 Å². The molecule has 100 valence electrons. The molecule has 1 aliphatic rings. The number of pyridine rings is 1. The third-order valence-corrected chi connectivity index (χ3v) is 4.01. The second-order valence-electron chi connectivity index (χ2n) is 5.27. The first-order valence-electron chi connectivity index (χ1n) is 7.17. The summed E-state index contributed by atoms with van der Waals surface area (Å²) in [5.41, 5.74) is 2.33. The van der Waals surface area contributed by atoms with Crippen LogP contribution in [0.4, 0.5) is 5.69 Å². The maximum absolute atomic E-state index is 4.47. The zero-order valence-corrected chi connectivity index (χ0v) is 11.7. The lowest BCUT2D eigenvalue weighted by atomic mass is 9.98. The molecule has 1 aliphatic heterocycles. The summed E-state index contributed by atoms with van der Waals surface area (Å²) in [6.45, 7) is 5.76. The van der Waals surface area contributed by atoms with Gasteiger partial charge in [-0.3, -0.25) is 9.88 Å². The van der Waals surface area contributed by atoms with Gasteiger partial charge in [0, 0.05) is 25.5 Å². The Morgan fingerprint density at radius 1 is 1.39 bits per heavy atom. The van der Waals surface area contributed by atoms with Gasteiger partial charge < -0.3 is 5.32 Å². The van der Waals surface area contributed by atoms with Gasteiger partial charge in [0.25, 0.3) is 0 Å². The highest BCUT2D eigenvalue weighted by Crippen LogP contribution is 2.21. The average molecular weight is 247 g/mol. The largest absolute Gasteiger partial charge is 0.388 e. The number of hydrogen-bond acceptors (Lipinski definition) is 3. The third-order valence-electron chi connectivity index (χ3n) is 4.01. The average Bonchev–Trinajstić information content (AvgIpc) is 2.64. The molecule has 0 radical (unpaired) electrons. The fraction of sp³-hybridized carbons (Fsp3) is 0.667.